The van der Waals surface area contributed by atoms with E-state index in [2.05, 4.69) is 4.98 Å². The lowest BCUT2D eigenvalue weighted by Crippen LogP contribution is -2.50. The van der Waals surface area contributed by atoms with E-state index in [0.29, 0.717) is 5.02 Å². The molecule has 194 valence electrons. The number of sulfone groups is 1. The molecule has 1 aromatic heterocycles. The number of hydrogen-bond acceptors (Lipinski definition) is 5. The zero-order valence-electron chi connectivity index (χ0n) is 20.9. The molecule has 2 aliphatic rings. The minimum Gasteiger partial charge on any atom is -0.381 e. The second-order valence-electron chi connectivity index (χ2n) is 10.2. The maximum Gasteiger partial charge on any atom is 0.238 e. The van der Waals surface area contributed by atoms with Crippen LogP contribution < -0.4 is 4.90 Å². The zero-order chi connectivity index (χ0) is 26.6. The molecule has 1 unspecified atom stereocenters. The molecule has 1 saturated heterocycles. The van der Waals surface area contributed by atoms with Crippen molar-refractivity contribution in [2.45, 2.75) is 54.7 Å². The second-order valence-corrected chi connectivity index (χ2v) is 12.9. The fourth-order valence-corrected chi connectivity index (χ4v) is 7.75. The summed E-state index contributed by atoms with van der Waals surface area (Å²) in [4.78, 5) is 19.5. The molecule has 5 rings (SSSR count). The van der Waals surface area contributed by atoms with E-state index >= 15 is 4.39 Å². The average molecular weight is 543 g/mol. The summed E-state index contributed by atoms with van der Waals surface area (Å²) in [5, 5.41) is 0.418. The lowest BCUT2D eigenvalue weighted by Gasteiger charge is -2.43. The first-order valence-corrected chi connectivity index (χ1v) is 14.0. The van der Waals surface area contributed by atoms with Crippen molar-refractivity contribution in [1.82, 2.24) is 4.98 Å². The fourth-order valence-electron chi connectivity index (χ4n) is 5.55. The van der Waals surface area contributed by atoms with E-state index in [1.54, 1.807) is 0 Å². The van der Waals surface area contributed by atoms with Crippen LogP contribution in [0.1, 0.15) is 56.3 Å². The van der Waals surface area contributed by atoms with Crippen LogP contribution in [0.5, 0.6) is 0 Å². The number of rotatable bonds is 4. The average Bonchev–Trinajstić information content (AvgIpc) is 2.89. The lowest BCUT2D eigenvalue weighted by atomic mass is 9.75. The Bertz CT molecular complexity index is 1470. The van der Waals surface area contributed by atoms with Gasteiger partial charge in [0.25, 0.3) is 0 Å². The molecule has 37 heavy (non-hydrogen) atoms. The van der Waals surface area contributed by atoms with Crippen LogP contribution in [0.2, 0.25) is 5.02 Å². The van der Waals surface area contributed by atoms with Crippen molar-refractivity contribution in [3.05, 3.63) is 88.3 Å². The van der Waals surface area contributed by atoms with Crippen LogP contribution in [0.3, 0.4) is 0 Å². The van der Waals surface area contributed by atoms with Gasteiger partial charge in [0.15, 0.2) is 21.5 Å². The summed E-state index contributed by atoms with van der Waals surface area (Å²) in [5.41, 5.74) is 1.18. The Balaban J connectivity index is 1.61. The number of aromatic nitrogens is 1. The highest BCUT2D eigenvalue weighted by atomic mass is 35.5. The third kappa shape index (κ3) is 3.97. The molecule has 0 aliphatic carbocycles. The zero-order valence-corrected chi connectivity index (χ0v) is 22.4. The molecule has 0 saturated carbocycles. The van der Waals surface area contributed by atoms with Crippen molar-refractivity contribution in [3.8, 4) is 0 Å². The number of pyridine rings is 1. The van der Waals surface area contributed by atoms with Gasteiger partial charge in [0.1, 0.15) is 4.75 Å². The standard InChI is InChI=1S/C28H28ClFN2O4S/c1-18-22-6-4-5-7-23(22)27(2,3)26(33)32(18)25-24(30)16-19(17-31-25)28(12-14-36-15-13-28)37(34,35)21-10-8-20(29)9-11-21/h4-11,16-18H,12-15H2,1-3H3. The molecule has 0 N–H and O–H groups in total. The van der Waals surface area contributed by atoms with Crippen molar-refractivity contribution in [2.24, 2.45) is 0 Å². The van der Waals surface area contributed by atoms with E-state index in [4.69, 9.17) is 16.3 Å². The smallest absolute Gasteiger partial charge is 0.238 e. The van der Waals surface area contributed by atoms with Gasteiger partial charge in [0, 0.05) is 24.4 Å². The van der Waals surface area contributed by atoms with Gasteiger partial charge >= 0.3 is 0 Å². The first-order valence-electron chi connectivity index (χ1n) is 12.2. The topological polar surface area (TPSA) is 76.6 Å². The number of amides is 1. The highest BCUT2D eigenvalue weighted by molar-refractivity contribution is 7.92. The summed E-state index contributed by atoms with van der Waals surface area (Å²) < 4.78 is 47.8. The highest BCUT2D eigenvalue weighted by Gasteiger charge is 2.49. The van der Waals surface area contributed by atoms with Gasteiger partial charge in [0.2, 0.25) is 5.91 Å². The predicted molar refractivity (Wildman–Crippen MR) is 140 cm³/mol. The van der Waals surface area contributed by atoms with Crippen molar-refractivity contribution in [3.63, 3.8) is 0 Å². The van der Waals surface area contributed by atoms with E-state index in [1.807, 2.05) is 45.0 Å². The third-order valence-corrected chi connectivity index (χ3v) is 10.6. The summed E-state index contributed by atoms with van der Waals surface area (Å²) in [6.45, 7) is 5.89. The maximum atomic E-state index is 15.9. The van der Waals surface area contributed by atoms with Crippen LogP contribution in [0.4, 0.5) is 10.2 Å². The molecule has 1 amide bonds. The predicted octanol–water partition coefficient (Wildman–Crippen LogP) is 5.74. The molecule has 0 radical (unpaired) electrons. The van der Waals surface area contributed by atoms with Crippen LogP contribution in [0.15, 0.2) is 65.7 Å². The van der Waals surface area contributed by atoms with E-state index < -0.39 is 31.9 Å². The van der Waals surface area contributed by atoms with Crippen LogP contribution >= 0.6 is 11.6 Å². The molecule has 9 heteroatoms. The van der Waals surface area contributed by atoms with Gasteiger partial charge in [-0.2, -0.15) is 0 Å². The Morgan fingerprint density at radius 1 is 1.08 bits per heavy atom. The van der Waals surface area contributed by atoms with Crippen molar-refractivity contribution >= 4 is 33.2 Å². The largest absolute Gasteiger partial charge is 0.381 e. The Kier molecular flexibility index (Phi) is 6.41. The number of ether oxygens (including phenoxy) is 1. The second kappa shape index (κ2) is 9.19. The lowest BCUT2D eigenvalue weighted by molar-refractivity contribution is -0.124. The molecule has 1 fully saturated rings. The Hall–Kier alpha value is -2.81. The van der Waals surface area contributed by atoms with Gasteiger partial charge in [-0.05, 0) is 80.6 Å². The minimum atomic E-state index is -3.95. The van der Waals surface area contributed by atoms with E-state index in [9.17, 15) is 13.2 Å². The first-order chi connectivity index (χ1) is 17.5. The summed E-state index contributed by atoms with van der Waals surface area (Å²) in [6.07, 6.45) is 1.69. The summed E-state index contributed by atoms with van der Waals surface area (Å²) in [5.74, 6) is -1.13. The fraction of sp³-hybridized carbons (Fsp3) is 0.357. The number of carbonyl (C=O) groups excluding carboxylic acids is 1. The quantitative estimate of drug-likeness (QED) is 0.420. The van der Waals surface area contributed by atoms with Gasteiger partial charge in [-0.25, -0.2) is 17.8 Å². The number of halogens is 2. The van der Waals surface area contributed by atoms with Crippen LogP contribution in [-0.4, -0.2) is 32.5 Å². The Morgan fingerprint density at radius 3 is 2.38 bits per heavy atom. The van der Waals surface area contributed by atoms with Gasteiger partial charge in [-0.15, -0.1) is 0 Å². The highest BCUT2D eigenvalue weighted by Crippen LogP contribution is 2.46. The molecule has 2 aliphatic heterocycles. The van der Waals surface area contributed by atoms with Gasteiger partial charge < -0.3 is 4.74 Å². The number of fused-ring (bicyclic) bond motifs is 1. The number of hydrogen-bond donors (Lipinski definition) is 0. The number of anilines is 1. The third-order valence-electron chi connectivity index (χ3n) is 7.74. The molecule has 6 nitrogen and oxygen atoms in total. The van der Waals surface area contributed by atoms with E-state index in [1.165, 1.54) is 41.4 Å². The van der Waals surface area contributed by atoms with Crippen LogP contribution in [0.25, 0.3) is 0 Å². The van der Waals surface area contributed by atoms with Crippen molar-refractivity contribution in [1.29, 1.82) is 0 Å². The molecular formula is C28H28ClFN2O4S. The van der Waals surface area contributed by atoms with Gasteiger partial charge in [-0.3, -0.25) is 9.69 Å². The minimum absolute atomic E-state index is 0.0986. The molecule has 0 spiro atoms. The van der Waals surface area contributed by atoms with Gasteiger partial charge in [0.05, 0.1) is 16.4 Å². The van der Waals surface area contributed by atoms with Gasteiger partial charge in [-0.1, -0.05) is 35.9 Å². The number of carbonyl (C=O) groups is 1. The number of nitrogens with zero attached hydrogens (tertiary/aromatic N) is 2. The van der Waals surface area contributed by atoms with E-state index in [-0.39, 0.29) is 48.2 Å². The van der Waals surface area contributed by atoms with Crippen molar-refractivity contribution < 1.29 is 22.3 Å². The normalized spacial score (nSPS) is 20.9. The van der Waals surface area contributed by atoms with Crippen LogP contribution in [-0.2, 0) is 29.5 Å². The number of benzene rings is 2. The van der Waals surface area contributed by atoms with Crippen LogP contribution in [0, 0.1) is 5.82 Å². The Morgan fingerprint density at radius 2 is 1.73 bits per heavy atom. The van der Waals surface area contributed by atoms with Crippen molar-refractivity contribution in [2.75, 3.05) is 18.1 Å². The molecule has 1 atom stereocenters. The molecule has 3 aromatic rings. The molecule has 0 bridgehead atoms. The summed E-state index contributed by atoms with van der Waals surface area (Å²) in [7, 11) is -3.95. The maximum absolute atomic E-state index is 15.9. The van der Waals surface area contributed by atoms with E-state index in [0.717, 1.165) is 11.1 Å². The first kappa shape index (κ1) is 25.8. The Labute approximate surface area is 221 Å². The molecule has 3 heterocycles. The summed E-state index contributed by atoms with van der Waals surface area (Å²) >= 11 is 5.98. The molecule has 2 aromatic carbocycles. The monoisotopic (exact) mass is 542 g/mol. The summed E-state index contributed by atoms with van der Waals surface area (Å²) in [6, 6.07) is 14.4. The SMILES string of the molecule is CC1c2ccccc2C(C)(C)C(=O)N1c1ncc(C2(S(=O)(=O)c3ccc(Cl)cc3)CCOCC2)cc1F. The molecular weight excluding hydrogens is 515 g/mol.